The van der Waals surface area contributed by atoms with Crippen molar-refractivity contribution in [3.63, 3.8) is 0 Å². The van der Waals surface area contributed by atoms with Crippen molar-refractivity contribution in [2.45, 2.75) is 18.9 Å². The normalized spacial score (nSPS) is 21.3. The summed E-state index contributed by atoms with van der Waals surface area (Å²) < 4.78 is 5.16. The van der Waals surface area contributed by atoms with E-state index < -0.39 is 5.54 Å². The van der Waals surface area contributed by atoms with E-state index in [9.17, 15) is 9.59 Å². The number of ether oxygens (including phenoxy) is 1. The van der Waals surface area contributed by atoms with E-state index in [1.807, 2.05) is 49.4 Å². The minimum absolute atomic E-state index is 0.0589. The van der Waals surface area contributed by atoms with E-state index in [1.165, 1.54) is 5.01 Å². The average Bonchev–Trinajstić information content (AvgIpc) is 3.16. The Morgan fingerprint density at radius 1 is 1.13 bits per heavy atom. The molecule has 152 valence electrons. The Morgan fingerprint density at radius 3 is 2.67 bits per heavy atom. The summed E-state index contributed by atoms with van der Waals surface area (Å²) in [6.45, 7) is 2.28. The van der Waals surface area contributed by atoms with Crippen molar-refractivity contribution in [2.24, 2.45) is 5.10 Å². The Balaban J connectivity index is 1.53. The SMILES string of the molecule is COc1ccc(C=NN2CC(=O)N3CCc4c([nH]c5ccccc45)C3(C)C2=O)cc1. The number of piperazine rings is 1. The molecule has 5 rings (SSSR count). The van der Waals surface area contributed by atoms with Crippen LogP contribution in [0.3, 0.4) is 0 Å². The van der Waals surface area contributed by atoms with Gasteiger partial charge >= 0.3 is 0 Å². The molecule has 1 unspecified atom stereocenters. The van der Waals surface area contributed by atoms with Crippen LogP contribution in [0.2, 0.25) is 0 Å². The number of carbonyl (C=O) groups excluding carboxylic acids is 2. The Kier molecular flexibility index (Phi) is 4.13. The van der Waals surface area contributed by atoms with Crippen LogP contribution in [0.15, 0.2) is 53.6 Å². The summed E-state index contributed by atoms with van der Waals surface area (Å²) in [4.78, 5) is 31.6. The topological polar surface area (TPSA) is 78.0 Å². The van der Waals surface area contributed by atoms with Gasteiger partial charge in [0, 0.05) is 17.4 Å². The number of hydrogen-bond acceptors (Lipinski definition) is 4. The number of hydrazone groups is 1. The van der Waals surface area contributed by atoms with Crippen LogP contribution in [0.1, 0.15) is 23.7 Å². The molecule has 2 aliphatic heterocycles. The smallest absolute Gasteiger partial charge is 0.275 e. The van der Waals surface area contributed by atoms with Gasteiger partial charge in [-0.1, -0.05) is 18.2 Å². The van der Waals surface area contributed by atoms with Crippen LogP contribution in [0.25, 0.3) is 10.9 Å². The fourth-order valence-electron chi connectivity index (χ4n) is 4.51. The first-order valence-corrected chi connectivity index (χ1v) is 9.93. The molecule has 1 fully saturated rings. The molecular formula is C23H22N4O3. The van der Waals surface area contributed by atoms with Crippen molar-refractivity contribution in [3.8, 4) is 5.75 Å². The molecule has 2 amide bonds. The van der Waals surface area contributed by atoms with E-state index in [4.69, 9.17) is 4.74 Å². The van der Waals surface area contributed by atoms with Crippen LogP contribution in [-0.4, -0.2) is 53.1 Å². The molecule has 1 saturated heterocycles. The standard InChI is InChI=1S/C23H22N4O3/c1-23-21-18(17-5-3-4-6-19(17)25-21)11-12-26(23)20(28)14-27(22(23)29)24-13-15-7-9-16(30-2)10-8-15/h3-10,13,25H,11-12,14H2,1-2H3. The summed E-state index contributed by atoms with van der Waals surface area (Å²) in [5.74, 6) is 0.431. The number of carbonyl (C=O) groups is 2. The highest BCUT2D eigenvalue weighted by molar-refractivity contribution is 6.01. The summed E-state index contributed by atoms with van der Waals surface area (Å²) in [6, 6.07) is 15.4. The molecule has 3 aromatic rings. The molecule has 1 atom stereocenters. The van der Waals surface area contributed by atoms with Crippen molar-refractivity contribution in [3.05, 3.63) is 65.4 Å². The number of rotatable bonds is 3. The Morgan fingerprint density at radius 2 is 1.90 bits per heavy atom. The first kappa shape index (κ1) is 18.4. The molecule has 0 aliphatic carbocycles. The summed E-state index contributed by atoms with van der Waals surface area (Å²) in [7, 11) is 1.61. The highest BCUT2D eigenvalue weighted by atomic mass is 16.5. The maximum atomic E-state index is 13.6. The minimum Gasteiger partial charge on any atom is -0.497 e. The van der Waals surface area contributed by atoms with Gasteiger partial charge < -0.3 is 14.6 Å². The predicted octanol–water partition coefficient (Wildman–Crippen LogP) is 2.65. The van der Waals surface area contributed by atoms with Crippen LogP contribution >= 0.6 is 0 Å². The van der Waals surface area contributed by atoms with E-state index in [0.29, 0.717) is 6.54 Å². The zero-order valence-electron chi connectivity index (χ0n) is 16.9. The van der Waals surface area contributed by atoms with Crippen LogP contribution in [-0.2, 0) is 21.5 Å². The number of aromatic nitrogens is 1. The van der Waals surface area contributed by atoms with Gasteiger partial charge in [0.25, 0.3) is 5.91 Å². The van der Waals surface area contributed by atoms with E-state index in [0.717, 1.165) is 39.9 Å². The van der Waals surface area contributed by atoms with Gasteiger partial charge in [-0.15, -0.1) is 0 Å². The molecule has 7 heteroatoms. The van der Waals surface area contributed by atoms with Crippen molar-refractivity contribution in [2.75, 3.05) is 20.2 Å². The highest BCUT2D eigenvalue weighted by Crippen LogP contribution is 2.41. The lowest BCUT2D eigenvalue weighted by Gasteiger charge is -2.48. The van der Waals surface area contributed by atoms with Crippen LogP contribution in [0, 0.1) is 0 Å². The fraction of sp³-hybridized carbons (Fsp3) is 0.261. The van der Waals surface area contributed by atoms with Gasteiger partial charge in [-0.3, -0.25) is 9.59 Å². The van der Waals surface area contributed by atoms with Gasteiger partial charge in [-0.2, -0.15) is 5.10 Å². The van der Waals surface area contributed by atoms with E-state index >= 15 is 0 Å². The molecule has 2 aromatic carbocycles. The molecular weight excluding hydrogens is 380 g/mol. The van der Waals surface area contributed by atoms with Gasteiger partial charge in [0.1, 0.15) is 12.3 Å². The average molecular weight is 402 g/mol. The fourth-order valence-corrected chi connectivity index (χ4v) is 4.51. The summed E-state index contributed by atoms with van der Waals surface area (Å²) in [5.41, 5.74) is 2.59. The van der Waals surface area contributed by atoms with Crippen molar-refractivity contribution < 1.29 is 14.3 Å². The van der Waals surface area contributed by atoms with Crippen molar-refractivity contribution in [1.29, 1.82) is 0 Å². The molecule has 1 N–H and O–H groups in total. The third-order valence-electron chi connectivity index (χ3n) is 6.12. The molecule has 0 spiro atoms. The molecule has 7 nitrogen and oxygen atoms in total. The lowest BCUT2D eigenvalue weighted by molar-refractivity contribution is -0.165. The second-order valence-corrected chi connectivity index (χ2v) is 7.77. The molecule has 30 heavy (non-hydrogen) atoms. The lowest BCUT2D eigenvalue weighted by Crippen LogP contribution is -2.65. The Bertz CT molecular complexity index is 1180. The van der Waals surface area contributed by atoms with Gasteiger partial charge in [0.05, 0.1) is 19.0 Å². The first-order valence-electron chi connectivity index (χ1n) is 9.93. The highest BCUT2D eigenvalue weighted by Gasteiger charge is 2.54. The number of hydrogen-bond donors (Lipinski definition) is 1. The third-order valence-corrected chi connectivity index (χ3v) is 6.12. The van der Waals surface area contributed by atoms with Crippen molar-refractivity contribution in [1.82, 2.24) is 14.9 Å². The zero-order valence-corrected chi connectivity index (χ0v) is 16.9. The number of benzene rings is 2. The number of methoxy groups -OCH3 is 1. The second-order valence-electron chi connectivity index (χ2n) is 7.77. The van der Waals surface area contributed by atoms with Gasteiger partial charge in [-0.05, 0) is 54.8 Å². The van der Waals surface area contributed by atoms with Gasteiger partial charge in [0.15, 0.2) is 5.54 Å². The first-order chi connectivity index (χ1) is 14.5. The number of H-pyrrole nitrogens is 1. The maximum absolute atomic E-state index is 13.6. The number of fused-ring (bicyclic) bond motifs is 5. The van der Waals surface area contributed by atoms with E-state index in [2.05, 4.69) is 16.2 Å². The Labute approximate surface area is 173 Å². The molecule has 2 aliphatic rings. The molecule has 0 bridgehead atoms. The number of aromatic amines is 1. The van der Waals surface area contributed by atoms with E-state index in [-0.39, 0.29) is 18.4 Å². The van der Waals surface area contributed by atoms with Crippen LogP contribution in [0.5, 0.6) is 5.75 Å². The minimum atomic E-state index is -1.10. The molecule has 3 heterocycles. The molecule has 0 saturated carbocycles. The van der Waals surface area contributed by atoms with Crippen LogP contribution in [0.4, 0.5) is 0 Å². The molecule has 0 radical (unpaired) electrons. The van der Waals surface area contributed by atoms with E-state index in [1.54, 1.807) is 18.2 Å². The molecule has 1 aromatic heterocycles. The second kappa shape index (κ2) is 6.73. The van der Waals surface area contributed by atoms with Crippen molar-refractivity contribution >= 4 is 28.9 Å². The lowest BCUT2D eigenvalue weighted by atomic mass is 9.83. The number of para-hydroxylation sites is 1. The van der Waals surface area contributed by atoms with Gasteiger partial charge in [-0.25, -0.2) is 5.01 Å². The number of nitrogens with one attached hydrogen (secondary N) is 1. The summed E-state index contributed by atoms with van der Waals surface area (Å²) >= 11 is 0. The zero-order chi connectivity index (χ0) is 20.9. The van der Waals surface area contributed by atoms with Gasteiger partial charge in [0.2, 0.25) is 5.91 Å². The Hall–Kier alpha value is -3.61. The maximum Gasteiger partial charge on any atom is 0.275 e. The third kappa shape index (κ3) is 2.62. The predicted molar refractivity (Wildman–Crippen MR) is 113 cm³/mol. The number of nitrogens with zero attached hydrogens (tertiary/aromatic N) is 3. The monoisotopic (exact) mass is 402 g/mol. The quantitative estimate of drug-likeness (QED) is 0.684. The van der Waals surface area contributed by atoms with Crippen LogP contribution < -0.4 is 4.74 Å². The summed E-state index contributed by atoms with van der Waals surface area (Å²) in [5, 5.41) is 6.75. The largest absolute Gasteiger partial charge is 0.497 e. The summed E-state index contributed by atoms with van der Waals surface area (Å²) in [6.07, 6.45) is 2.32. The number of amides is 2.